The molecule has 0 aliphatic carbocycles. The van der Waals surface area contributed by atoms with Crippen molar-refractivity contribution in [3.05, 3.63) is 35.9 Å². The summed E-state index contributed by atoms with van der Waals surface area (Å²) in [5.41, 5.74) is 7.87. The molecule has 1 atom stereocenters. The molecule has 0 saturated carbocycles. The van der Waals surface area contributed by atoms with Crippen LogP contribution < -0.4 is 5.73 Å². The zero-order valence-electron chi connectivity index (χ0n) is 8.75. The zero-order valence-corrected chi connectivity index (χ0v) is 9.75. The van der Waals surface area contributed by atoms with Crippen LogP contribution in [0.4, 0.5) is 0 Å². The second-order valence-corrected chi connectivity index (χ2v) is 10.1. The van der Waals surface area contributed by atoms with Gasteiger partial charge in [0.25, 0.3) is 0 Å². The van der Waals surface area contributed by atoms with Crippen LogP contribution in [0, 0.1) is 0 Å². The molecule has 13 heavy (non-hydrogen) atoms. The third-order valence-electron chi connectivity index (χ3n) is 2.41. The Morgan fingerprint density at radius 3 is 2.15 bits per heavy atom. The van der Waals surface area contributed by atoms with Gasteiger partial charge in [0.1, 0.15) is 0 Å². The molecule has 0 fully saturated rings. The second-order valence-electron chi connectivity index (χ2n) is 4.66. The quantitative estimate of drug-likeness (QED) is 0.733. The van der Waals surface area contributed by atoms with E-state index in [1.807, 2.05) is 6.07 Å². The molecule has 2 heteroatoms. The summed E-state index contributed by atoms with van der Waals surface area (Å²) in [6.07, 6.45) is 1.02. The maximum atomic E-state index is 6.14. The fraction of sp³-hybridized carbons (Fsp3) is 0.455. The fourth-order valence-electron chi connectivity index (χ4n) is 1.17. The lowest BCUT2D eigenvalue weighted by Crippen LogP contribution is -2.46. The topological polar surface area (TPSA) is 26.0 Å². The Morgan fingerprint density at radius 2 is 1.69 bits per heavy atom. The van der Waals surface area contributed by atoms with Gasteiger partial charge in [-0.2, -0.15) is 0 Å². The smallest absolute Gasteiger partial charge is 0.0636 e. The maximum absolute atomic E-state index is 6.14. The maximum Gasteiger partial charge on any atom is 0.0636 e. The molecule has 0 amide bonds. The van der Waals surface area contributed by atoms with Gasteiger partial charge < -0.3 is 5.73 Å². The highest BCUT2D eigenvalue weighted by molar-refractivity contribution is 6.77. The number of rotatable bonds is 3. The van der Waals surface area contributed by atoms with Crippen LogP contribution >= 0.6 is 0 Å². The summed E-state index contributed by atoms with van der Waals surface area (Å²) in [4.78, 5) is 0. The van der Waals surface area contributed by atoms with Gasteiger partial charge in [0.05, 0.1) is 8.07 Å². The standard InChI is InChI=1S/C11H19NSi/c1-13(2,3)11(12)9-10-7-5-4-6-8-10/h4-8,11H,9,12H2,1-3H3. The Morgan fingerprint density at radius 1 is 1.15 bits per heavy atom. The van der Waals surface area contributed by atoms with Gasteiger partial charge in [0.2, 0.25) is 0 Å². The number of nitrogens with two attached hydrogens (primary N) is 1. The third-order valence-corrected chi connectivity index (χ3v) is 4.84. The molecule has 0 saturated heterocycles. The van der Waals surface area contributed by atoms with E-state index in [0.29, 0.717) is 5.67 Å². The summed E-state index contributed by atoms with van der Waals surface area (Å²) in [5.74, 6) is 0. The first-order valence-corrected chi connectivity index (χ1v) is 8.37. The van der Waals surface area contributed by atoms with Gasteiger partial charge in [-0.15, -0.1) is 0 Å². The normalized spacial score (nSPS) is 14.2. The third kappa shape index (κ3) is 3.33. The Labute approximate surface area is 82.0 Å². The van der Waals surface area contributed by atoms with Crippen molar-refractivity contribution in [3.63, 3.8) is 0 Å². The van der Waals surface area contributed by atoms with E-state index in [0.717, 1.165) is 6.42 Å². The van der Waals surface area contributed by atoms with E-state index in [2.05, 4.69) is 43.9 Å². The molecule has 0 radical (unpaired) electrons. The molecule has 0 aliphatic heterocycles. The minimum atomic E-state index is -1.17. The predicted molar refractivity (Wildman–Crippen MR) is 61.5 cm³/mol. The number of hydrogen-bond acceptors (Lipinski definition) is 1. The van der Waals surface area contributed by atoms with Crippen molar-refractivity contribution in [2.45, 2.75) is 31.7 Å². The van der Waals surface area contributed by atoms with Crippen molar-refractivity contribution >= 4 is 8.07 Å². The average Bonchev–Trinajstić information content (AvgIpc) is 2.04. The molecule has 0 heterocycles. The summed E-state index contributed by atoms with van der Waals surface area (Å²) < 4.78 is 0. The van der Waals surface area contributed by atoms with Crippen LogP contribution in [0.15, 0.2) is 30.3 Å². The average molecular weight is 193 g/mol. The summed E-state index contributed by atoms with van der Waals surface area (Å²) in [6.45, 7) is 6.96. The fourth-order valence-corrected chi connectivity index (χ4v) is 2.02. The van der Waals surface area contributed by atoms with Gasteiger partial charge in [-0.1, -0.05) is 50.0 Å². The molecule has 0 aliphatic rings. The summed E-state index contributed by atoms with van der Waals surface area (Å²) in [6, 6.07) is 10.5. The van der Waals surface area contributed by atoms with E-state index in [9.17, 15) is 0 Å². The lowest BCUT2D eigenvalue weighted by atomic mass is 10.1. The first kappa shape index (κ1) is 10.5. The van der Waals surface area contributed by atoms with Crippen LogP contribution in [0.1, 0.15) is 5.56 Å². The molecular formula is C11H19NSi. The SMILES string of the molecule is C[Si](C)(C)C(N)Cc1ccccc1. The Bertz CT molecular complexity index is 251. The van der Waals surface area contributed by atoms with Gasteiger partial charge in [-0.3, -0.25) is 0 Å². The minimum absolute atomic E-state index is 0.370. The van der Waals surface area contributed by atoms with E-state index in [1.165, 1.54) is 5.56 Å². The summed E-state index contributed by atoms with van der Waals surface area (Å²) >= 11 is 0. The van der Waals surface area contributed by atoms with Gasteiger partial charge in [-0.05, 0) is 12.0 Å². The van der Waals surface area contributed by atoms with Crippen molar-refractivity contribution in [1.29, 1.82) is 0 Å². The van der Waals surface area contributed by atoms with Crippen molar-refractivity contribution < 1.29 is 0 Å². The first-order valence-electron chi connectivity index (χ1n) is 4.79. The van der Waals surface area contributed by atoms with Crippen molar-refractivity contribution in [1.82, 2.24) is 0 Å². The largest absolute Gasteiger partial charge is 0.330 e. The van der Waals surface area contributed by atoms with Crippen molar-refractivity contribution in [3.8, 4) is 0 Å². The Hall–Kier alpha value is -0.603. The second kappa shape index (κ2) is 4.07. The van der Waals surface area contributed by atoms with E-state index < -0.39 is 8.07 Å². The van der Waals surface area contributed by atoms with Crippen LogP contribution in [0.25, 0.3) is 0 Å². The predicted octanol–water partition coefficient (Wildman–Crippen LogP) is 2.43. The van der Waals surface area contributed by atoms with Crippen LogP contribution in [-0.2, 0) is 6.42 Å². The molecule has 1 aromatic rings. The molecule has 0 spiro atoms. The lowest BCUT2D eigenvalue weighted by molar-refractivity contribution is 0.850. The van der Waals surface area contributed by atoms with Gasteiger partial charge >= 0.3 is 0 Å². The van der Waals surface area contributed by atoms with E-state index in [-0.39, 0.29) is 0 Å². The van der Waals surface area contributed by atoms with E-state index >= 15 is 0 Å². The van der Waals surface area contributed by atoms with Gasteiger partial charge in [0.15, 0.2) is 0 Å². The van der Waals surface area contributed by atoms with Crippen molar-refractivity contribution in [2.75, 3.05) is 0 Å². The van der Waals surface area contributed by atoms with E-state index in [1.54, 1.807) is 0 Å². The Kier molecular flexibility index (Phi) is 3.28. The lowest BCUT2D eigenvalue weighted by Gasteiger charge is -2.24. The molecule has 72 valence electrons. The minimum Gasteiger partial charge on any atom is -0.330 e. The molecule has 1 unspecified atom stereocenters. The van der Waals surface area contributed by atoms with Crippen LogP contribution in [0.3, 0.4) is 0 Å². The molecule has 1 aromatic carbocycles. The number of benzene rings is 1. The highest BCUT2D eigenvalue weighted by Gasteiger charge is 2.22. The van der Waals surface area contributed by atoms with Crippen LogP contribution in [-0.4, -0.2) is 13.7 Å². The summed E-state index contributed by atoms with van der Waals surface area (Å²) in [7, 11) is -1.17. The number of hydrogen-bond donors (Lipinski definition) is 1. The van der Waals surface area contributed by atoms with Crippen molar-refractivity contribution in [2.24, 2.45) is 5.73 Å². The molecule has 0 aromatic heterocycles. The van der Waals surface area contributed by atoms with Gasteiger partial charge in [0, 0.05) is 5.67 Å². The molecule has 1 nitrogen and oxygen atoms in total. The van der Waals surface area contributed by atoms with Crippen LogP contribution in [0.5, 0.6) is 0 Å². The highest BCUT2D eigenvalue weighted by atomic mass is 28.3. The van der Waals surface area contributed by atoms with Crippen LogP contribution in [0.2, 0.25) is 19.6 Å². The zero-order chi connectivity index (χ0) is 9.90. The molecule has 2 N–H and O–H groups in total. The van der Waals surface area contributed by atoms with Gasteiger partial charge in [-0.25, -0.2) is 0 Å². The Balaban J connectivity index is 2.61. The first-order chi connectivity index (χ1) is 6.00. The molecule has 1 rings (SSSR count). The molecular weight excluding hydrogens is 174 g/mol. The molecule has 0 bridgehead atoms. The monoisotopic (exact) mass is 193 g/mol. The van der Waals surface area contributed by atoms with E-state index in [4.69, 9.17) is 5.73 Å². The summed E-state index contributed by atoms with van der Waals surface area (Å²) in [5, 5.41) is 0. The highest BCUT2D eigenvalue weighted by Crippen LogP contribution is 2.11.